The van der Waals surface area contributed by atoms with Crippen LogP contribution in [0, 0.1) is 0 Å². The van der Waals surface area contributed by atoms with Crippen molar-refractivity contribution in [1.29, 1.82) is 0 Å². The van der Waals surface area contributed by atoms with E-state index in [0.29, 0.717) is 17.5 Å². The summed E-state index contributed by atoms with van der Waals surface area (Å²) in [5, 5.41) is 7.68. The van der Waals surface area contributed by atoms with Crippen molar-refractivity contribution in [1.82, 2.24) is 10.3 Å². The molecule has 0 amide bonds. The van der Waals surface area contributed by atoms with E-state index in [1.165, 1.54) is 4.88 Å². The maximum absolute atomic E-state index is 5.31. The van der Waals surface area contributed by atoms with E-state index in [2.05, 4.69) is 27.5 Å². The third-order valence-electron chi connectivity index (χ3n) is 3.45. The Labute approximate surface area is 170 Å². The molecular formula is C17H25IN4O2S. The largest absolute Gasteiger partial charge is 0.493 e. The van der Waals surface area contributed by atoms with E-state index in [0.717, 1.165) is 30.1 Å². The van der Waals surface area contributed by atoms with Crippen LogP contribution in [0.2, 0.25) is 0 Å². The molecule has 0 fully saturated rings. The number of nitrogens with zero attached hydrogens (tertiary/aromatic N) is 2. The number of nitrogens with one attached hydrogen (secondary N) is 2. The van der Waals surface area contributed by atoms with Crippen molar-refractivity contribution >= 4 is 47.0 Å². The van der Waals surface area contributed by atoms with Gasteiger partial charge in [0.05, 0.1) is 19.2 Å². The Morgan fingerprint density at radius 1 is 1.24 bits per heavy atom. The average Bonchev–Trinajstić information content (AvgIpc) is 3.08. The maximum atomic E-state index is 5.31. The summed E-state index contributed by atoms with van der Waals surface area (Å²) in [5.74, 6) is 2.07. The lowest BCUT2D eigenvalue weighted by Crippen LogP contribution is -2.32. The van der Waals surface area contributed by atoms with Crippen LogP contribution in [0.5, 0.6) is 11.5 Å². The highest BCUT2D eigenvalue weighted by atomic mass is 127. The molecule has 0 saturated heterocycles. The highest BCUT2D eigenvalue weighted by molar-refractivity contribution is 14.0. The minimum absolute atomic E-state index is 0. The molecule has 2 rings (SSSR count). The molecule has 0 saturated carbocycles. The maximum Gasteiger partial charge on any atom is 0.195 e. The molecule has 0 aliphatic carbocycles. The monoisotopic (exact) mass is 476 g/mol. The van der Waals surface area contributed by atoms with E-state index in [-0.39, 0.29) is 24.0 Å². The molecule has 0 aliphatic rings. The Bertz CT molecular complexity index is 691. The summed E-state index contributed by atoms with van der Waals surface area (Å²) in [6.45, 7) is 2.91. The number of thiazole rings is 1. The van der Waals surface area contributed by atoms with Gasteiger partial charge in [0.2, 0.25) is 0 Å². The van der Waals surface area contributed by atoms with Gasteiger partial charge >= 0.3 is 0 Å². The summed E-state index contributed by atoms with van der Waals surface area (Å²) in [4.78, 5) is 9.98. The smallest absolute Gasteiger partial charge is 0.195 e. The minimum Gasteiger partial charge on any atom is -0.493 e. The summed E-state index contributed by atoms with van der Waals surface area (Å²) in [6, 6.07) is 5.65. The molecular weight excluding hydrogens is 451 g/mol. The standard InChI is InChI=1S/C17H24N4O2S.HI/c1-5-13-11-20-16(24-13)8-9-19-17(18-2)21-12-6-7-14(22-3)15(10-12)23-4;/h6-7,10-11H,5,8-9H2,1-4H3,(H2,18,19,21);1H. The molecule has 0 unspecified atom stereocenters. The van der Waals surface area contributed by atoms with Crippen molar-refractivity contribution in [2.24, 2.45) is 4.99 Å². The number of hydrogen-bond donors (Lipinski definition) is 2. The van der Waals surface area contributed by atoms with Crippen molar-refractivity contribution in [2.75, 3.05) is 33.1 Å². The van der Waals surface area contributed by atoms with Crippen molar-refractivity contribution in [3.8, 4) is 11.5 Å². The molecule has 138 valence electrons. The second-order valence-electron chi connectivity index (χ2n) is 5.02. The zero-order valence-electron chi connectivity index (χ0n) is 15.0. The zero-order chi connectivity index (χ0) is 17.4. The fraction of sp³-hybridized carbons (Fsp3) is 0.412. The van der Waals surface area contributed by atoms with E-state index in [9.17, 15) is 0 Å². The van der Waals surface area contributed by atoms with Crippen molar-refractivity contribution in [3.05, 3.63) is 34.3 Å². The van der Waals surface area contributed by atoms with Gasteiger partial charge in [-0.15, -0.1) is 35.3 Å². The fourth-order valence-corrected chi connectivity index (χ4v) is 3.01. The Morgan fingerprint density at radius 2 is 2.00 bits per heavy atom. The van der Waals surface area contributed by atoms with Crippen LogP contribution < -0.4 is 20.1 Å². The second kappa shape index (κ2) is 11.1. The molecule has 0 radical (unpaired) electrons. The second-order valence-corrected chi connectivity index (χ2v) is 6.22. The summed E-state index contributed by atoms with van der Waals surface area (Å²) in [6.07, 6.45) is 3.86. The van der Waals surface area contributed by atoms with E-state index < -0.39 is 0 Å². The van der Waals surface area contributed by atoms with Crippen LogP contribution in [0.25, 0.3) is 0 Å². The fourth-order valence-electron chi connectivity index (χ4n) is 2.14. The number of rotatable bonds is 7. The number of methoxy groups -OCH3 is 2. The van der Waals surface area contributed by atoms with Crippen LogP contribution in [0.15, 0.2) is 29.4 Å². The SMILES string of the molecule is CCc1cnc(CCNC(=NC)Nc2ccc(OC)c(OC)c2)s1.I. The molecule has 8 heteroatoms. The quantitative estimate of drug-likeness (QED) is 0.364. The molecule has 6 nitrogen and oxygen atoms in total. The topological polar surface area (TPSA) is 67.8 Å². The van der Waals surface area contributed by atoms with Gasteiger partial charge < -0.3 is 20.1 Å². The summed E-state index contributed by atoms with van der Waals surface area (Å²) < 4.78 is 10.6. The first kappa shape index (κ1) is 21.5. The number of halogens is 1. The van der Waals surface area contributed by atoms with Gasteiger partial charge in [0.1, 0.15) is 0 Å². The first-order valence-electron chi connectivity index (χ1n) is 7.83. The van der Waals surface area contributed by atoms with Gasteiger partial charge in [-0.25, -0.2) is 4.98 Å². The molecule has 1 aromatic heterocycles. The van der Waals surface area contributed by atoms with Gasteiger partial charge in [-0.3, -0.25) is 4.99 Å². The van der Waals surface area contributed by atoms with Gasteiger partial charge in [0.15, 0.2) is 17.5 Å². The molecule has 1 heterocycles. The predicted molar refractivity (Wildman–Crippen MR) is 115 cm³/mol. The van der Waals surface area contributed by atoms with E-state index in [1.807, 2.05) is 24.4 Å². The number of hydrogen-bond acceptors (Lipinski definition) is 5. The molecule has 2 N–H and O–H groups in total. The lowest BCUT2D eigenvalue weighted by atomic mass is 10.3. The van der Waals surface area contributed by atoms with Crippen molar-refractivity contribution < 1.29 is 9.47 Å². The molecule has 0 atom stereocenters. The number of aryl methyl sites for hydroxylation is 1. The molecule has 0 aliphatic heterocycles. The number of aliphatic imine (C=N–C) groups is 1. The Kier molecular flexibility index (Phi) is 9.58. The normalized spacial score (nSPS) is 10.8. The van der Waals surface area contributed by atoms with Gasteiger partial charge in [0.25, 0.3) is 0 Å². The first-order chi connectivity index (χ1) is 11.7. The molecule has 0 bridgehead atoms. The van der Waals surface area contributed by atoms with E-state index in [1.54, 1.807) is 32.6 Å². The lowest BCUT2D eigenvalue weighted by Gasteiger charge is -2.13. The van der Waals surface area contributed by atoms with E-state index >= 15 is 0 Å². The Balaban J connectivity index is 0.00000312. The molecule has 2 aromatic rings. The number of guanidine groups is 1. The minimum atomic E-state index is 0. The average molecular weight is 476 g/mol. The van der Waals surface area contributed by atoms with Crippen LogP contribution in [0.3, 0.4) is 0 Å². The summed E-state index contributed by atoms with van der Waals surface area (Å²) in [7, 11) is 4.98. The number of anilines is 1. The van der Waals surface area contributed by atoms with Crippen molar-refractivity contribution in [2.45, 2.75) is 19.8 Å². The summed E-state index contributed by atoms with van der Waals surface area (Å²) in [5.41, 5.74) is 0.878. The highest BCUT2D eigenvalue weighted by Crippen LogP contribution is 2.29. The van der Waals surface area contributed by atoms with Crippen molar-refractivity contribution in [3.63, 3.8) is 0 Å². The van der Waals surface area contributed by atoms with Gasteiger partial charge in [-0.1, -0.05) is 6.92 Å². The predicted octanol–water partition coefficient (Wildman–Crippen LogP) is 3.57. The third kappa shape index (κ3) is 6.35. The van der Waals surface area contributed by atoms with Gasteiger partial charge in [0, 0.05) is 42.8 Å². The van der Waals surface area contributed by atoms with Crippen LogP contribution in [0.4, 0.5) is 5.69 Å². The zero-order valence-corrected chi connectivity index (χ0v) is 18.1. The number of ether oxygens (including phenoxy) is 2. The molecule has 25 heavy (non-hydrogen) atoms. The van der Waals surface area contributed by atoms with Crippen LogP contribution in [-0.4, -0.2) is 38.8 Å². The molecule has 1 aromatic carbocycles. The van der Waals surface area contributed by atoms with Crippen LogP contribution in [0.1, 0.15) is 16.8 Å². The highest BCUT2D eigenvalue weighted by Gasteiger charge is 2.06. The number of benzene rings is 1. The lowest BCUT2D eigenvalue weighted by molar-refractivity contribution is 0.355. The van der Waals surface area contributed by atoms with Gasteiger partial charge in [-0.2, -0.15) is 0 Å². The van der Waals surface area contributed by atoms with Gasteiger partial charge in [-0.05, 0) is 18.6 Å². The number of aromatic nitrogens is 1. The van der Waals surface area contributed by atoms with Crippen LogP contribution >= 0.6 is 35.3 Å². The molecule has 0 spiro atoms. The Hall–Kier alpha value is -1.55. The Morgan fingerprint density at radius 3 is 2.60 bits per heavy atom. The third-order valence-corrected chi connectivity index (χ3v) is 4.65. The van der Waals surface area contributed by atoms with E-state index in [4.69, 9.17) is 9.47 Å². The first-order valence-corrected chi connectivity index (χ1v) is 8.65. The van der Waals surface area contributed by atoms with Crippen LogP contribution in [-0.2, 0) is 12.8 Å². The summed E-state index contributed by atoms with van der Waals surface area (Å²) >= 11 is 1.76.